The highest BCUT2D eigenvalue weighted by Gasteiger charge is 2.59. The van der Waals surface area contributed by atoms with Gasteiger partial charge in [0.25, 0.3) is 0 Å². The number of fused-ring (bicyclic) bond motifs is 5. The summed E-state index contributed by atoms with van der Waals surface area (Å²) in [7, 11) is 1.44. The second-order valence-corrected chi connectivity index (χ2v) is 10.9. The van der Waals surface area contributed by atoms with E-state index in [1.807, 2.05) is 0 Å². The summed E-state index contributed by atoms with van der Waals surface area (Å²) in [5.74, 6) is 2.55. The summed E-state index contributed by atoms with van der Waals surface area (Å²) in [6, 6.07) is 0.147. The van der Waals surface area contributed by atoms with Gasteiger partial charge in [0, 0.05) is 19.4 Å². The van der Waals surface area contributed by atoms with Gasteiger partial charge in [-0.25, -0.2) is 4.79 Å². The minimum absolute atomic E-state index is 0.0633. The van der Waals surface area contributed by atoms with Crippen molar-refractivity contribution in [2.45, 2.75) is 91.2 Å². The lowest BCUT2D eigenvalue weighted by molar-refractivity contribution is -0.148. The lowest BCUT2D eigenvalue weighted by Crippen LogP contribution is -2.52. The number of nitrogens with one attached hydrogen (secondary N) is 1. The third kappa shape index (κ3) is 3.46. The molecule has 0 aliphatic heterocycles. The SMILES string of the molecule is COC(=O)N[C@H](C)[C@@H]1CC[C@H]2[C@H]3CC=C4C[C@@H](OC(C)=O)CC[C@]4(C)[C@@H]3CC[C@@]21C. The van der Waals surface area contributed by atoms with E-state index in [0.717, 1.165) is 43.4 Å². The summed E-state index contributed by atoms with van der Waals surface area (Å²) >= 11 is 0. The zero-order valence-corrected chi connectivity index (χ0v) is 19.3. The number of esters is 1. The Balaban J connectivity index is 1.52. The van der Waals surface area contributed by atoms with Crippen LogP contribution in [-0.2, 0) is 14.3 Å². The highest BCUT2D eigenvalue weighted by Crippen LogP contribution is 2.66. The van der Waals surface area contributed by atoms with Gasteiger partial charge in [-0.1, -0.05) is 25.5 Å². The molecule has 0 unspecified atom stereocenters. The molecule has 1 amide bonds. The van der Waals surface area contributed by atoms with E-state index in [1.165, 1.54) is 39.7 Å². The van der Waals surface area contributed by atoms with Gasteiger partial charge >= 0.3 is 12.1 Å². The van der Waals surface area contributed by atoms with E-state index in [2.05, 4.69) is 32.2 Å². The van der Waals surface area contributed by atoms with Crippen molar-refractivity contribution in [2.75, 3.05) is 7.11 Å². The molecule has 3 fully saturated rings. The van der Waals surface area contributed by atoms with Gasteiger partial charge in [0.15, 0.2) is 0 Å². The molecule has 0 spiro atoms. The van der Waals surface area contributed by atoms with Crippen LogP contribution in [0.4, 0.5) is 4.79 Å². The summed E-state index contributed by atoms with van der Waals surface area (Å²) in [4.78, 5) is 23.2. The molecule has 0 radical (unpaired) electrons. The summed E-state index contributed by atoms with van der Waals surface area (Å²) in [6.45, 7) is 8.64. The van der Waals surface area contributed by atoms with E-state index in [0.29, 0.717) is 5.92 Å². The van der Waals surface area contributed by atoms with Gasteiger partial charge in [0.2, 0.25) is 0 Å². The topological polar surface area (TPSA) is 64.6 Å². The first-order valence-electron chi connectivity index (χ1n) is 11.9. The zero-order valence-electron chi connectivity index (χ0n) is 19.3. The monoisotopic (exact) mass is 417 g/mol. The van der Waals surface area contributed by atoms with Crippen molar-refractivity contribution in [3.8, 4) is 0 Å². The average Bonchev–Trinajstić information content (AvgIpc) is 3.05. The predicted molar refractivity (Wildman–Crippen MR) is 116 cm³/mol. The van der Waals surface area contributed by atoms with Crippen molar-refractivity contribution >= 4 is 12.1 Å². The number of alkyl carbamates (subject to hydrolysis) is 1. The number of allylic oxidation sites excluding steroid dienone is 1. The standard InChI is InChI=1S/C25H39NO4/c1-15(26-23(28)29-5)20-8-9-21-19-7-6-17-14-18(30-16(2)27)10-12-24(17,3)22(19)11-13-25(20,21)4/h6,15,18-22H,7-14H2,1-5H3,(H,26,28)/t15-,18+,19-,20+,21+,22-,24+,25-/m1/s1. The van der Waals surface area contributed by atoms with E-state index in [-0.39, 0.29) is 35.0 Å². The molecule has 0 bridgehead atoms. The zero-order chi connectivity index (χ0) is 21.7. The van der Waals surface area contributed by atoms with E-state index in [1.54, 1.807) is 5.57 Å². The van der Waals surface area contributed by atoms with Crippen molar-refractivity contribution in [2.24, 2.45) is 34.5 Å². The predicted octanol–water partition coefficient (Wildman–Crippen LogP) is 5.24. The third-order valence-corrected chi connectivity index (χ3v) is 9.60. The van der Waals surface area contributed by atoms with Crippen molar-refractivity contribution in [1.29, 1.82) is 0 Å². The summed E-state index contributed by atoms with van der Waals surface area (Å²) in [6.07, 6.45) is 11.4. The van der Waals surface area contributed by atoms with E-state index in [9.17, 15) is 9.59 Å². The van der Waals surface area contributed by atoms with Gasteiger partial charge in [0.05, 0.1) is 7.11 Å². The first kappa shape index (κ1) is 21.7. The number of carbonyl (C=O) groups excluding carboxylic acids is 2. The van der Waals surface area contributed by atoms with Crippen LogP contribution in [0.15, 0.2) is 11.6 Å². The fourth-order valence-electron chi connectivity index (χ4n) is 8.17. The molecule has 0 saturated heterocycles. The molecule has 4 aliphatic carbocycles. The van der Waals surface area contributed by atoms with Crippen LogP contribution < -0.4 is 5.32 Å². The Kier molecular flexibility index (Phi) is 5.69. The lowest BCUT2D eigenvalue weighted by atomic mass is 9.47. The Morgan fingerprint density at radius 1 is 1.13 bits per heavy atom. The van der Waals surface area contributed by atoms with Gasteiger partial charge in [-0.05, 0) is 86.4 Å². The van der Waals surface area contributed by atoms with Crippen LogP contribution >= 0.6 is 0 Å². The highest BCUT2D eigenvalue weighted by molar-refractivity contribution is 5.67. The number of hydrogen-bond acceptors (Lipinski definition) is 4. The second kappa shape index (κ2) is 7.87. The van der Waals surface area contributed by atoms with Gasteiger partial charge < -0.3 is 14.8 Å². The van der Waals surface area contributed by atoms with Crippen LogP contribution in [0, 0.1) is 34.5 Å². The van der Waals surface area contributed by atoms with Crippen molar-refractivity contribution < 1.29 is 19.1 Å². The Morgan fingerprint density at radius 3 is 2.60 bits per heavy atom. The molecule has 5 nitrogen and oxygen atoms in total. The number of carbonyl (C=O) groups is 2. The maximum atomic E-state index is 11.8. The number of methoxy groups -OCH3 is 1. The molecule has 0 aromatic rings. The van der Waals surface area contributed by atoms with Crippen LogP contribution in [0.25, 0.3) is 0 Å². The third-order valence-electron chi connectivity index (χ3n) is 9.60. The fourth-order valence-corrected chi connectivity index (χ4v) is 8.17. The van der Waals surface area contributed by atoms with E-state index in [4.69, 9.17) is 9.47 Å². The van der Waals surface area contributed by atoms with Crippen LogP contribution in [-0.4, -0.2) is 31.3 Å². The molecule has 5 heteroatoms. The Bertz CT molecular complexity index is 733. The number of ether oxygens (including phenoxy) is 2. The molecular formula is C25H39NO4. The minimum atomic E-state index is -0.314. The molecule has 0 heterocycles. The number of hydrogen-bond donors (Lipinski definition) is 1. The van der Waals surface area contributed by atoms with Crippen LogP contribution in [0.3, 0.4) is 0 Å². The molecule has 30 heavy (non-hydrogen) atoms. The quantitative estimate of drug-likeness (QED) is 0.504. The van der Waals surface area contributed by atoms with Crippen LogP contribution in [0.2, 0.25) is 0 Å². The van der Waals surface area contributed by atoms with Gasteiger partial charge in [-0.2, -0.15) is 0 Å². The molecule has 168 valence electrons. The molecule has 0 aromatic heterocycles. The largest absolute Gasteiger partial charge is 0.462 e. The molecule has 3 saturated carbocycles. The lowest BCUT2D eigenvalue weighted by Gasteiger charge is -2.58. The van der Waals surface area contributed by atoms with Crippen molar-refractivity contribution in [1.82, 2.24) is 5.32 Å². The molecule has 4 aliphatic rings. The maximum absolute atomic E-state index is 11.8. The Labute approximate surface area is 181 Å². The number of rotatable bonds is 3. The normalized spacial score (nSPS) is 43.4. The molecule has 8 atom stereocenters. The summed E-state index contributed by atoms with van der Waals surface area (Å²) < 4.78 is 10.4. The van der Waals surface area contributed by atoms with E-state index < -0.39 is 0 Å². The fraction of sp³-hybridized carbons (Fsp3) is 0.840. The molecule has 1 N–H and O–H groups in total. The second-order valence-electron chi connectivity index (χ2n) is 10.9. The first-order valence-corrected chi connectivity index (χ1v) is 11.9. The average molecular weight is 418 g/mol. The highest BCUT2D eigenvalue weighted by atomic mass is 16.5. The maximum Gasteiger partial charge on any atom is 0.407 e. The van der Waals surface area contributed by atoms with Gasteiger partial charge in [-0.15, -0.1) is 0 Å². The summed E-state index contributed by atoms with van der Waals surface area (Å²) in [5.41, 5.74) is 2.09. The Hall–Kier alpha value is -1.52. The molecule has 4 rings (SSSR count). The van der Waals surface area contributed by atoms with Crippen molar-refractivity contribution in [3.05, 3.63) is 11.6 Å². The van der Waals surface area contributed by atoms with Gasteiger partial charge in [-0.3, -0.25) is 4.79 Å². The smallest absolute Gasteiger partial charge is 0.407 e. The van der Waals surface area contributed by atoms with Gasteiger partial charge in [0.1, 0.15) is 6.10 Å². The Morgan fingerprint density at radius 2 is 1.90 bits per heavy atom. The molecular weight excluding hydrogens is 378 g/mol. The number of amides is 1. The summed E-state index contributed by atoms with van der Waals surface area (Å²) in [5, 5.41) is 3.06. The van der Waals surface area contributed by atoms with Crippen LogP contribution in [0.5, 0.6) is 0 Å². The molecule has 0 aromatic carbocycles. The first-order chi connectivity index (χ1) is 14.2. The minimum Gasteiger partial charge on any atom is -0.462 e. The van der Waals surface area contributed by atoms with Crippen molar-refractivity contribution in [3.63, 3.8) is 0 Å². The van der Waals surface area contributed by atoms with Crippen LogP contribution in [0.1, 0.15) is 79.1 Å². The van der Waals surface area contributed by atoms with E-state index >= 15 is 0 Å².